The third-order valence-corrected chi connectivity index (χ3v) is 5.32. The maximum atomic E-state index is 12.8. The van der Waals surface area contributed by atoms with E-state index >= 15 is 0 Å². The first-order chi connectivity index (χ1) is 13.5. The lowest BCUT2D eigenvalue weighted by Crippen LogP contribution is -2.45. The minimum Gasteiger partial charge on any atom is -0.378 e. The average Bonchev–Trinajstić information content (AvgIpc) is 3.36. The Morgan fingerprint density at radius 3 is 2.93 bits per heavy atom. The van der Waals surface area contributed by atoms with Crippen LogP contribution in [0, 0.1) is 0 Å². The predicted octanol–water partition coefficient (Wildman–Crippen LogP) is 2.88. The zero-order valence-electron chi connectivity index (χ0n) is 14.9. The molecule has 3 N–H and O–H groups in total. The third kappa shape index (κ3) is 3.46. The summed E-state index contributed by atoms with van der Waals surface area (Å²) in [5.41, 5.74) is 1.84. The van der Waals surface area contributed by atoms with Crippen LogP contribution >= 0.6 is 11.6 Å². The summed E-state index contributed by atoms with van der Waals surface area (Å²) in [7, 11) is 0. The van der Waals surface area contributed by atoms with E-state index in [2.05, 4.69) is 15.5 Å². The Hall–Kier alpha value is -2.90. The van der Waals surface area contributed by atoms with Gasteiger partial charge >= 0.3 is 0 Å². The van der Waals surface area contributed by atoms with Crippen LogP contribution in [0.5, 0.6) is 0 Å². The van der Waals surface area contributed by atoms with E-state index in [1.165, 1.54) is 4.90 Å². The van der Waals surface area contributed by atoms with Crippen LogP contribution in [0.15, 0.2) is 48.7 Å². The number of halogens is 1. The molecule has 2 heterocycles. The zero-order valence-corrected chi connectivity index (χ0v) is 15.7. The highest BCUT2D eigenvalue weighted by Gasteiger charge is 2.37. The number of nitrogens with zero attached hydrogens (tertiary/aromatic N) is 2. The summed E-state index contributed by atoms with van der Waals surface area (Å²) in [4.78, 5) is 27.1. The first-order valence-corrected chi connectivity index (χ1v) is 9.39. The molecule has 0 spiro atoms. The van der Waals surface area contributed by atoms with E-state index in [0.717, 1.165) is 10.9 Å². The molecular formula is C20H19ClN4O3. The molecular weight excluding hydrogens is 380 g/mol. The molecule has 2 atom stereocenters. The number of aliphatic hydroxyl groups excluding tert-OH is 1. The topological polar surface area (TPSA) is 98.3 Å². The second-order valence-corrected chi connectivity index (χ2v) is 7.18. The Kier molecular flexibility index (Phi) is 5.02. The number of amides is 2. The molecule has 0 saturated carbocycles. The van der Waals surface area contributed by atoms with Gasteiger partial charge in [-0.1, -0.05) is 29.8 Å². The van der Waals surface area contributed by atoms with Gasteiger partial charge in [0.05, 0.1) is 11.7 Å². The Bertz CT molecular complexity index is 1030. The minimum atomic E-state index is -1.40. The number of aromatic nitrogens is 2. The van der Waals surface area contributed by atoms with Gasteiger partial charge in [-0.05, 0) is 37.1 Å². The summed E-state index contributed by atoms with van der Waals surface area (Å²) in [5, 5.41) is 21.4. The smallest absolute Gasteiger partial charge is 0.256 e. The standard InChI is InChI=1S/C20H19ClN4O3/c21-15-5-2-1-4-14(15)18(26)20(28)25-9-3-6-17(25)19(27)23-13-7-8-16-12(10-13)11-22-24-16/h1-2,4-5,7-8,10-11,17-18,26H,3,6,9H2,(H,22,24)(H,23,27)/t17-,18-/m0/s1. The number of H-pyrrole nitrogens is 1. The van der Waals surface area contributed by atoms with Gasteiger partial charge in [-0.15, -0.1) is 0 Å². The van der Waals surface area contributed by atoms with Crippen LogP contribution in [-0.2, 0) is 9.59 Å². The lowest BCUT2D eigenvalue weighted by atomic mass is 10.1. The highest BCUT2D eigenvalue weighted by Crippen LogP contribution is 2.28. The number of carbonyl (C=O) groups is 2. The van der Waals surface area contributed by atoms with Gasteiger partial charge in [-0.2, -0.15) is 5.10 Å². The summed E-state index contributed by atoms with van der Waals surface area (Å²) in [6.07, 6.45) is 1.51. The molecule has 4 rings (SSSR count). The molecule has 1 fully saturated rings. The molecule has 1 aliphatic rings. The summed E-state index contributed by atoms with van der Waals surface area (Å²) in [5.74, 6) is -0.795. The van der Waals surface area contributed by atoms with Crippen LogP contribution in [0.3, 0.4) is 0 Å². The van der Waals surface area contributed by atoms with Crippen LogP contribution < -0.4 is 5.32 Å². The van der Waals surface area contributed by atoms with Crippen LogP contribution in [0.25, 0.3) is 10.9 Å². The Balaban J connectivity index is 1.49. The van der Waals surface area contributed by atoms with Crippen LogP contribution in [0.4, 0.5) is 5.69 Å². The van der Waals surface area contributed by atoms with Gasteiger partial charge in [0.25, 0.3) is 5.91 Å². The molecule has 28 heavy (non-hydrogen) atoms. The average molecular weight is 399 g/mol. The van der Waals surface area contributed by atoms with E-state index in [4.69, 9.17) is 11.6 Å². The lowest BCUT2D eigenvalue weighted by Gasteiger charge is -2.26. The second kappa shape index (κ2) is 7.61. The van der Waals surface area contributed by atoms with Crippen molar-refractivity contribution in [2.75, 3.05) is 11.9 Å². The number of nitrogens with one attached hydrogen (secondary N) is 2. The first-order valence-electron chi connectivity index (χ1n) is 9.01. The number of anilines is 1. The van der Waals surface area contributed by atoms with Crippen LogP contribution in [-0.4, -0.2) is 44.6 Å². The first kappa shape index (κ1) is 18.5. The van der Waals surface area contributed by atoms with Crippen molar-refractivity contribution >= 4 is 40.0 Å². The monoisotopic (exact) mass is 398 g/mol. The summed E-state index contributed by atoms with van der Waals surface area (Å²) >= 11 is 6.10. The molecule has 0 unspecified atom stereocenters. The SMILES string of the molecule is O=C(Nc1ccc2[nH]ncc2c1)[C@@H]1CCCN1C(=O)[C@@H](O)c1ccccc1Cl. The summed E-state index contributed by atoms with van der Waals surface area (Å²) in [6.45, 7) is 0.416. The van der Waals surface area contributed by atoms with Crippen molar-refractivity contribution < 1.29 is 14.7 Å². The van der Waals surface area contributed by atoms with Gasteiger partial charge in [0.15, 0.2) is 6.10 Å². The lowest BCUT2D eigenvalue weighted by molar-refractivity contribution is -0.144. The molecule has 0 bridgehead atoms. The van der Waals surface area contributed by atoms with Gasteiger partial charge in [-0.3, -0.25) is 14.7 Å². The Labute approximate surface area is 166 Å². The van der Waals surface area contributed by atoms with Crippen LogP contribution in [0.2, 0.25) is 5.02 Å². The van der Waals surface area contributed by atoms with Gasteiger partial charge in [0.2, 0.25) is 5.91 Å². The summed E-state index contributed by atoms with van der Waals surface area (Å²) < 4.78 is 0. The molecule has 0 aliphatic carbocycles. The molecule has 0 radical (unpaired) electrons. The molecule has 144 valence electrons. The fourth-order valence-corrected chi connectivity index (χ4v) is 3.78. The second-order valence-electron chi connectivity index (χ2n) is 6.77. The normalized spacial score (nSPS) is 17.6. The van der Waals surface area contributed by atoms with E-state index in [-0.39, 0.29) is 5.91 Å². The number of likely N-dealkylation sites (tertiary alicyclic amines) is 1. The van der Waals surface area contributed by atoms with Gasteiger partial charge in [0, 0.05) is 28.2 Å². The number of fused-ring (bicyclic) bond motifs is 1. The van der Waals surface area contributed by atoms with E-state index in [1.54, 1.807) is 36.5 Å². The van der Waals surface area contributed by atoms with Crippen molar-refractivity contribution in [2.45, 2.75) is 25.0 Å². The fraction of sp³-hybridized carbons (Fsp3) is 0.250. The van der Waals surface area contributed by atoms with Crippen molar-refractivity contribution in [2.24, 2.45) is 0 Å². The van der Waals surface area contributed by atoms with Gasteiger partial charge < -0.3 is 15.3 Å². The number of rotatable bonds is 4. The van der Waals surface area contributed by atoms with E-state index in [0.29, 0.717) is 35.7 Å². The number of hydrogen-bond donors (Lipinski definition) is 3. The highest BCUT2D eigenvalue weighted by molar-refractivity contribution is 6.31. The molecule has 1 aliphatic heterocycles. The molecule has 3 aromatic rings. The van der Waals surface area contributed by atoms with Crippen molar-refractivity contribution in [3.8, 4) is 0 Å². The quantitative estimate of drug-likeness (QED) is 0.629. The number of benzene rings is 2. The fourth-order valence-electron chi connectivity index (χ4n) is 3.54. The van der Waals surface area contributed by atoms with Crippen molar-refractivity contribution in [1.82, 2.24) is 15.1 Å². The third-order valence-electron chi connectivity index (χ3n) is 4.98. The van der Waals surface area contributed by atoms with Crippen molar-refractivity contribution in [1.29, 1.82) is 0 Å². The van der Waals surface area contributed by atoms with Crippen LogP contribution in [0.1, 0.15) is 24.5 Å². The largest absolute Gasteiger partial charge is 0.378 e. The molecule has 2 aromatic carbocycles. The molecule has 1 saturated heterocycles. The highest BCUT2D eigenvalue weighted by atomic mass is 35.5. The van der Waals surface area contributed by atoms with E-state index in [1.807, 2.05) is 12.1 Å². The Morgan fingerprint density at radius 2 is 2.11 bits per heavy atom. The number of aromatic amines is 1. The molecule has 1 aromatic heterocycles. The molecule has 2 amide bonds. The summed E-state index contributed by atoms with van der Waals surface area (Å²) in [6, 6.07) is 11.4. The van der Waals surface area contributed by atoms with E-state index in [9.17, 15) is 14.7 Å². The minimum absolute atomic E-state index is 0.278. The number of carbonyl (C=O) groups excluding carboxylic acids is 2. The predicted molar refractivity (Wildman–Crippen MR) is 106 cm³/mol. The van der Waals surface area contributed by atoms with Crippen molar-refractivity contribution in [3.63, 3.8) is 0 Å². The van der Waals surface area contributed by atoms with Crippen molar-refractivity contribution in [3.05, 3.63) is 59.2 Å². The maximum Gasteiger partial charge on any atom is 0.256 e. The molecule has 8 heteroatoms. The Morgan fingerprint density at radius 1 is 1.29 bits per heavy atom. The maximum absolute atomic E-state index is 12.8. The zero-order chi connectivity index (χ0) is 19.7. The van der Waals surface area contributed by atoms with Gasteiger partial charge in [0.1, 0.15) is 6.04 Å². The number of hydrogen-bond acceptors (Lipinski definition) is 4. The van der Waals surface area contributed by atoms with E-state index < -0.39 is 18.1 Å². The number of aliphatic hydroxyl groups is 1. The molecule has 7 nitrogen and oxygen atoms in total. The van der Waals surface area contributed by atoms with Gasteiger partial charge in [-0.25, -0.2) is 0 Å².